The number of H-pyrrole nitrogens is 2. The molecular weight excluding hydrogens is 344 g/mol. The van der Waals surface area contributed by atoms with Crippen LogP contribution in [0.2, 0.25) is 0 Å². The molecule has 0 amide bonds. The fourth-order valence-corrected chi connectivity index (χ4v) is 2.96. The summed E-state index contributed by atoms with van der Waals surface area (Å²) in [5.74, 6) is 6.57. The molecule has 0 radical (unpaired) electrons. The number of aryl methyl sites for hydroxylation is 1. The summed E-state index contributed by atoms with van der Waals surface area (Å²) in [6, 6.07) is 5.68. The van der Waals surface area contributed by atoms with Gasteiger partial charge in [-0.3, -0.25) is 9.78 Å². The Balaban J connectivity index is 1.65. The van der Waals surface area contributed by atoms with Gasteiger partial charge in [-0.25, -0.2) is 4.79 Å². The molecule has 2 atom stereocenters. The molecule has 0 bridgehead atoms. The number of nitriles is 1. The second-order valence-electron chi connectivity index (χ2n) is 6.41. The van der Waals surface area contributed by atoms with Crippen molar-refractivity contribution < 1.29 is 0 Å². The third kappa shape index (κ3) is 3.29. The first-order valence-electron chi connectivity index (χ1n) is 8.29. The van der Waals surface area contributed by atoms with E-state index < -0.39 is 11.2 Å². The molecule has 0 aromatic carbocycles. The number of hydrogen-bond donors (Lipinski definition) is 2. The van der Waals surface area contributed by atoms with Crippen LogP contribution < -0.4 is 11.2 Å². The highest BCUT2D eigenvalue weighted by atomic mass is 16.2. The molecule has 0 saturated heterocycles. The lowest BCUT2D eigenvalue weighted by Gasteiger charge is -2.04. The minimum atomic E-state index is -0.593. The van der Waals surface area contributed by atoms with Crippen molar-refractivity contribution in [2.24, 2.45) is 13.0 Å². The fraction of sp³-hybridized carbons (Fsp3) is 0.211. The highest BCUT2D eigenvalue weighted by Crippen LogP contribution is 2.48. The van der Waals surface area contributed by atoms with E-state index in [1.54, 1.807) is 6.07 Å². The summed E-state index contributed by atoms with van der Waals surface area (Å²) in [6.07, 6.45) is 5.99. The minimum Gasteiger partial charge on any atom is -0.356 e. The number of rotatable bonds is 2. The SMILES string of the molecule is Cn1ccc(C#C[C@H]2C[C@@H]2c2cc(-c3c[nH]c(=O)[nH]c3=O)nnc2C#N)c1. The summed E-state index contributed by atoms with van der Waals surface area (Å²) in [6.45, 7) is 0. The number of aromatic amines is 2. The van der Waals surface area contributed by atoms with Crippen molar-refractivity contribution in [1.82, 2.24) is 24.7 Å². The van der Waals surface area contributed by atoms with Crippen LogP contribution in [0.3, 0.4) is 0 Å². The van der Waals surface area contributed by atoms with E-state index >= 15 is 0 Å². The molecule has 1 saturated carbocycles. The Morgan fingerprint density at radius 2 is 2.19 bits per heavy atom. The van der Waals surface area contributed by atoms with Crippen LogP contribution in [0.25, 0.3) is 11.3 Å². The van der Waals surface area contributed by atoms with Gasteiger partial charge in [-0.1, -0.05) is 11.8 Å². The molecule has 1 aliphatic rings. The third-order valence-electron chi connectivity index (χ3n) is 4.45. The number of hydrogen-bond acceptors (Lipinski definition) is 5. The zero-order chi connectivity index (χ0) is 19.0. The molecule has 132 valence electrons. The Labute approximate surface area is 153 Å². The number of aromatic nitrogens is 5. The molecule has 1 fully saturated rings. The average Bonchev–Trinajstić information content (AvgIpc) is 3.31. The van der Waals surface area contributed by atoms with E-state index in [1.165, 1.54) is 6.20 Å². The van der Waals surface area contributed by atoms with Crippen LogP contribution in [-0.4, -0.2) is 24.7 Å². The Morgan fingerprint density at radius 3 is 2.89 bits per heavy atom. The number of nitrogens with zero attached hydrogens (tertiary/aromatic N) is 4. The van der Waals surface area contributed by atoms with E-state index in [4.69, 9.17) is 0 Å². The van der Waals surface area contributed by atoms with Gasteiger partial charge < -0.3 is 9.55 Å². The third-order valence-corrected chi connectivity index (χ3v) is 4.45. The first-order chi connectivity index (χ1) is 13.0. The van der Waals surface area contributed by atoms with Crippen LogP contribution in [0.5, 0.6) is 0 Å². The molecular formula is C19H14N6O2. The molecule has 8 nitrogen and oxygen atoms in total. The van der Waals surface area contributed by atoms with Gasteiger partial charge >= 0.3 is 5.69 Å². The van der Waals surface area contributed by atoms with E-state index in [0.717, 1.165) is 17.5 Å². The predicted octanol–water partition coefficient (Wildman–Crippen LogP) is 0.886. The van der Waals surface area contributed by atoms with Crippen LogP contribution in [0.15, 0.2) is 40.3 Å². The molecule has 3 aromatic rings. The van der Waals surface area contributed by atoms with Gasteiger partial charge in [0.15, 0.2) is 5.69 Å². The summed E-state index contributed by atoms with van der Waals surface area (Å²) in [4.78, 5) is 27.7. The second-order valence-corrected chi connectivity index (χ2v) is 6.41. The highest BCUT2D eigenvalue weighted by molar-refractivity contribution is 5.59. The van der Waals surface area contributed by atoms with E-state index in [-0.39, 0.29) is 23.1 Å². The zero-order valence-corrected chi connectivity index (χ0v) is 14.4. The van der Waals surface area contributed by atoms with Gasteiger partial charge in [-0.2, -0.15) is 5.26 Å². The van der Waals surface area contributed by atoms with Gasteiger partial charge in [0.25, 0.3) is 5.56 Å². The first kappa shape index (κ1) is 16.6. The van der Waals surface area contributed by atoms with E-state index in [2.05, 4.69) is 32.0 Å². The normalized spacial score (nSPS) is 17.6. The molecule has 3 aromatic heterocycles. The highest BCUT2D eigenvalue weighted by Gasteiger charge is 2.39. The monoisotopic (exact) mass is 358 g/mol. The smallest absolute Gasteiger partial charge is 0.325 e. The maximum absolute atomic E-state index is 12.0. The fourth-order valence-electron chi connectivity index (χ4n) is 2.96. The Kier molecular flexibility index (Phi) is 3.94. The Hall–Kier alpha value is -3.91. The predicted molar refractivity (Wildman–Crippen MR) is 96.6 cm³/mol. The molecule has 3 heterocycles. The molecule has 0 spiro atoms. The Morgan fingerprint density at radius 1 is 1.33 bits per heavy atom. The molecule has 8 heteroatoms. The number of nitrogens with one attached hydrogen (secondary N) is 2. The van der Waals surface area contributed by atoms with Crippen LogP contribution in [0.4, 0.5) is 0 Å². The molecule has 0 unspecified atom stereocenters. The van der Waals surface area contributed by atoms with Gasteiger partial charge in [0.2, 0.25) is 0 Å². The zero-order valence-electron chi connectivity index (χ0n) is 14.4. The maximum atomic E-state index is 12.0. The van der Waals surface area contributed by atoms with Crippen molar-refractivity contribution in [2.75, 3.05) is 0 Å². The largest absolute Gasteiger partial charge is 0.356 e. The van der Waals surface area contributed by atoms with Crippen LogP contribution in [0, 0.1) is 29.1 Å². The van der Waals surface area contributed by atoms with Crippen molar-refractivity contribution in [2.45, 2.75) is 12.3 Å². The van der Waals surface area contributed by atoms with Crippen molar-refractivity contribution in [3.8, 4) is 29.2 Å². The van der Waals surface area contributed by atoms with Crippen LogP contribution in [-0.2, 0) is 7.05 Å². The quantitative estimate of drug-likeness (QED) is 0.659. The van der Waals surface area contributed by atoms with Gasteiger partial charge in [0.1, 0.15) is 11.8 Å². The summed E-state index contributed by atoms with van der Waals surface area (Å²) in [7, 11) is 1.94. The Bertz CT molecular complexity index is 1250. The maximum Gasteiger partial charge on any atom is 0.325 e. The van der Waals surface area contributed by atoms with E-state index in [0.29, 0.717) is 5.69 Å². The van der Waals surface area contributed by atoms with Crippen LogP contribution >= 0.6 is 0 Å². The molecule has 2 N–H and O–H groups in total. The molecule has 27 heavy (non-hydrogen) atoms. The summed E-state index contributed by atoms with van der Waals surface area (Å²) < 4.78 is 1.93. The molecule has 1 aliphatic carbocycles. The van der Waals surface area contributed by atoms with Gasteiger partial charge in [0, 0.05) is 43.0 Å². The molecule has 0 aliphatic heterocycles. The first-order valence-corrected chi connectivity index (χ1v) is 8.29. The summed E-state index contributed by atoms with van der Waals surface area (Å²) in [5.41, 5.74) is 1.25. The van der Waals surface area contributed by atoms with Gasteiger partial charge in [-0.15, -0.1) is 10.2 Å². The summed E-state index contributed by atoms with van der Waals surface area (Å²) in [5, 5.41) is 17.2. The second kappa shape index (κ2) is 6.43. The standard InChI is InChI=1S/C19H14N6O2/c1-25-5-4-11(10-25)2-3-12-6-13(12)14-7-16(23-24-17(14)8-20)15-9-21-19(27)22-18(15)26/h4-5,7,9-10,12-13H,6H2,1H3,(H2,21,22,26,27)/t12-,13-/m0/s1. The van der Waals surface area contributed by atoms with Crippen molar-refractivity contribution in [1.29, 1.82) is 5.26 Å². The summed E-state index contributed by atoms with van der Waals surface area (Å²) >= 11 is 0. The van der Waals surface area contributed by atoms with E-state index in [9.17, 15) is 14.9 Å². The molecule has 4 rings (SSSR count). The van der Waals surface area contributed by atoms with Gasteiger partial charge in [-0.05, 0) is 24.1 Å². The minimum absolute atomic E-state index is 0.0759. The lowest BCUT2D eigenvalue weighted by Crippen LogP contribution is -2.23. The average molecular weight is 358 g/mol. The van der Waals surface area contributed by atoms with Gasteiger partial charge in [0.05, 0.1) is 5.56 Å². The lowest BCUT2D eigenvalue weighted by atomic mass is 10.1. The van der Waals surface area contributed by atoms with Crippen LogP contribution in [0.1, 0.15) is 29.2 Å². The van der Waals surface area contributed by atoms with Crippen molar-refractivity contribution in [3.63, 3.8) is 0 Å². The van der Waals surface area contributed by atoms with Crippen molar-refractivity contribution >= 4 is 0 Å². The lowest BCUT2D eigenvalue weighted by molar-refractivity contribution is 0.926. The van der Waals surface area contributed by atoms with Crippen molar-refractivity contribution in [3.05, 3.63) is 68.4 Å². The van der Waals surface area contributed by atoms with E-state index in [1.807, 2.05) is 36.1 Å². The topological polar surface area (TPSA) is 120 Å².